The van der Waals surface area contributed by atoms with E-state index < -0.39 is 24.1 Å². The summed E-state index contributed by atoms with van der Waals surface area (Å²) < 4.78 is 14.4. The molecule has 1 amide bonds. The maximum absolute atomic E-state index is 13.9. The molecule has 1 saturated heterocycles. The number of carboxylic acid groups (broad SMARTS) is 1. The van der Waals surface area contributed by atoms with E-state index in [0.29, 0.717) is 15.1 Å². The van der Waals surface area contributed by atoms with E-state index in [0.717, 1.165) is 0 Å². The largest absolute Gasteiger partial charge is 0.479 e. The van der Waals surface area contributed by atoms with Gasteiger partial charge in [-0.2, -0.15) is 0 Å². The summed E-state index contributed by atoms with van der Waals surface area (Å²) in [7, 11) is 0. The van der Waals surface area contributed by atoms with Crippen LogP contribution in [0.1, 0.15) is 16.8 Å². The average molecular weight is 351 g/mol. The molecule has 1 aromatic rings. The fraction of sp³-hybridized carbons (Fsp3) is 0.333. The van der Waals surface area contributed by atoms with E-state index >= 15 is 0 Å². The van der Waals surface area contributed by atoms with Crippen LogP contribution in [0.4, 0.5) is 4.39 Å². The Morgan fingerprint density at radius 1 is 1.47 bits per heavy atom. The molecule has 1 aromatic carbocycles. The zero-order valence-electron chi connectivity index (χ0n) is 9.70. The Morgan fingerprint density at radius 2 is 2.16 bits per heavy atom. The molecule has 0 aliphatic carbocycles. The number of hydrogen-bond donors (Lipinski definition) is 1. The van der Waals surface area contributed by atoms with E-state index in [1.165, 1.54) is 11.0 Å². The molecule has 1 aliphatic rings. The van der Waals surface area contributed by atoms with E-state index in [1.54, 1.807) is 12.1 Å². The molecular formula is C12H10BrClFNO3. The van der Waals surface area contributed by atoms with Gasteiger partial charge in [0.05, 0.1) is 12.1 Å². The molecular weight excluding hydrogens is 340 g/mol. The molecule has 7 heteroatoms. The monoisotopic (exact) mass is 349 g/mol. The summed E-state index contributed by atoms with van der Waals surface area (Å²) in [6.07, 6.45) is -0.202. The van der Waals surface area contributed by atoms with Gasteiger partial charge in [-0.1, -0.05) is 11.6 Å². The number of rotatable bonds is 2. The van der Waals surface area contributed by atoms with Gasteiger partial charge in [0.25, 0.3) is 5.91 Å². The van der Waals surface area contributed by atoms with Gasteiger partial charge < -0.3 is 10.0 Å². The van der Waals surface area contributed by atoms with E-state index in [4.69, 9.17) is 16.7 Å². The lowest BCUT2D eigenvalue weighted by Crippen LogP contribution is -2.39. The highest BCUT2D eigenvalue weighted by Crippen LogP contribution is 2.29. The van der Waals surface area contributed by atoms with Crippen LogP contribution in [0.15, 0.2) is 22.7 Å². The Morgan fingerprint density at radius 3 is 2.74 bits per heavy atom. The second-order valence-corrected chi connectivity index (χ2v) is 5.66. The van der Waals surface area contributed by atoms with Crippen molar-refractivity contribution in [1.82, 2.24) is 4.90 Å². The van der Waals surface area contributed by atoms with Crippen LogP contribution in [0.5, 0.6) is 0 Å². The minimum Gasteiger partial charge on any atom is -0.479 e. The molecule has 0 spiro atoms. The highest BCUT2D eigenvalue weighted by molar-refractivity contribution is 9.10. The van der Waals surface area contributed by atoms with Crippen molar-refractivity contribution < 1.29 is 19.1 Å². The molecule has 0 saturated carbocycles. The topological polar surface area (TPSA) is 57.6 Å². The maximum atomic E-state index is 13.9. The summed E-state index contributed by atoms with van der Waals surface area (Å²) >= 11 is 9.03. The lowest BCUT2D eigenvalue weighted by molar-refractivity contribution is -0.149. The number of carbonyl (C=O) groups is 2. The van der Waals surface area contributed by atoms with Crippen molar-refractivity contribution in [3.05, 3.63) is 33.3 Å². The Labute approximate surface area is 122 Å². The summed E-state index contributed by atoms with van der Waals surface area (Å²) in [6, 6.07) is 4.70. The van der Waals surface area contributed by atoms with Crippen molar-refractivity contribution in [3.8, 4) is 0 Å². The van der Waals surface area contributed by atoms with E-state index in [-0.39, 0.29) is 13.0 Å². The SMILES string of the molecule is O=C(c1cc(Cl)ccc1Br)N1CCC(F)(C(=O)O)C1. The number of amides is 1. The number of likely N-dealkylation sites (tertiary alicyclic amines) is 1. The summed E-state index contributed by atoms with van der Waals surface area (Å²) in [4.78, 5) is 24.2. The van der Waals surface area contributed by atoms with Gasteiger partial charge in [-0.05, 0) is 34.1 Å². The van der Waals surface area contributed by atoms with E-state index in [1.807, 2.05) is 0 Å². The van der Waals surface area contributed by atoms with Crippen molar-refractivity contribution in [1.29, 1.82) is 0 Å². The molecule has 1 aliphatic heterocycles. The second kappa shape index (κ2) is 5.09. The first-order valence-corrected chi connectivity index (χ1v) is 6.67. The van der Waals surface area contributed by atoms with Crippen LogP contribution in [0, 0.1) is 0 Å². The normalized spacial score (nSPS) is 22.6. The molecule has 102 valence electrons. The van der Waals surface area contributed by atoms with E-state index in [2.05, 4.69) is 15.9 Å². The third-order valence-corrected chi connectivity index (χ3v) is 3.98. The van der Waals surface area contributed by atoms with Crippen LogP contribution in [-0.4, -0.2) is 40.6 Å². The van der Waals surface area contributed by atoms with Crippen LogP contribution in [0.2, 0.25) is 5.02 Å². The van der Waals surface area contributed by atoms with Crippen LogP contribution < -0.4 is 0 Å². The highest BCUT2D eigenvalue weighted by Gasteiger charge is 2.47. The van der Waals surface area contributed by atoms with Crippen LogP contribution in [0.3, 0.4) is 0 Å². The fourth-order valence-corrected chi connectivity index (χ4v) is 2.54. The summed E-state index contributed by atoms with van der Waals surface area (Å²) in [5.74, 6) is -1.97. The second-order valence-electron chi connectivity index (χ2n) is 4.37. The lowest BCUT2D eigenvalue weighted by atomic mass is 10.1. The predicted molar refractivity (Wildman–Crippen MR) is 71.1 cm³/mol. The number of hydrogen-bond acceptors (Lipinski definition) is 2. The third-order valence-electron chi connectivity index (χ3n) is 3.05. The molecule has 1 unspecified atom stereocenters. The van der Waals surface area contributed by atoms with Gasteiger partial charge in [0, 0.05) is 22.5 Å². The summed E-state index contributed by atoms with van der Waals surface area (Å²) in [6.45, 7) is -0.374. The van der Waals surface area contributed by atoms with Gasteiger partial charge in [0.2, 0.25) is 5.67 Å². The van der Waals surface area contributed by atoms with Gasteiger partial charge in [0.15, 0.2) is 0 Å². The molecule has 0 bridgehead atoms. The average Bonchev–Trinajstić information content (AvgIpc) is 2.76. The number of aliphatic carboxylic acids is 1. The highest BCUT2D eigenvalue weighted by atomic mass is 79.9. The molecule has 1 atom stereocenters. The predicted octanol–water partition coefficient (Wildman–Crippen LogP) is 2.74. The number of carboxylic acids is 1. The fourth-order valence-electron chi connectivity index (χ4n) is 1.95. The van der Waals surface area contributed by atoms with Crippen molar-refractivity contribution in [3.63, 3.8) is 0 Å². The van der Waals surface area contributed by atoms with Crippen molar-refractivity contribution in [2.45, 2.75) is 12.1 Å². The minimum atomic E-state index is -2.36. The maximum Gasteiger partial charge on any atom is 0.343 e. The zero-order valence-corrected chi connectivity index (χ0v) is 12.0. The van der Waals surface area contributed by atoms with Gasteiger partial charge >= 0.3 is 5.97 Å². The Hall–Kier alpha value is -1.14. The summed E-state index contributed by atoms with van der Waals surface area (Å²) in [5.41, 5.74) is -2.07. The molecule has 1 heterocycles. The van der Waals surface area contributed by atoms with Gasteiger partial charge in [-0.3, -0.25) is 4.79 Å². The minimum absolute atomic E-state index is 0.0700. The number of nitrogens with zero attached hydrogens (tertiary/aromatic N) is 1. The molecule has 1 fully saturated rings. The van der Waals surface area contributed by atoms with Crippen LogP contribution in [-0.2, 0) is 4.79 Å². The van der Waals surface area contributed by atoms with Gasteiger partial charge in [-0.25, -0.2) is 9.18 Å². The summed E-state index contributed by atoms with van der Waals surface area (Å²) in [5, 5.41) is 9.18. The Bertz CT molecular complexity index is 554. The smallest absolute Gasteiger partial charge is 0.343 e. The number of benzene rings is 1. The molecule has 0 aromatic heterocycles. The number of alkyl halides is 1. The van der Waals surface area contributed by atoms with Gasteiger partial charge in [0.1, 0.15) is 0 Å². The first-order chi connectivity index (χ1) is 8.83. The third kappa shape index (κ3) is 2.74. The molecule has 0 radical (unpaired) electrons. The molecule has 4 nitrogen and oxygen atoms in total. The molecule has 1 N–H and O–H groups in total. The van der Waals surface area contributed by atoms with Crippen molar-refractivity contribution in [2.75, 3.05) is 13.1 Å². The Balaban J connectivity index is 2.22. The standard InChI is InChI=1S/C12H10BrClFNO3/c13-9-2-1-7(14)5-8(9)10(17)16-4-3-12(15,6-16)11(18)19/h1-2,5H,3-4,6H2,(H,18,19). The Kier molecular flexibility index (Phi) is 3.82. The quantitative estimate of drug-likeness (QED) is 0.892. The first kappa shape index (κ1) is 14.3. The van der Waals surface area contributed by atoms with Crippen LogP contribution >= 0.6 is 27.5 Å². The van der Waals surface area contributed by atoms with Crippen LogP contribution in [0.25, 0.3) is 0 Å². The number of carbonyl (C=O) groups excluding carboxylic acids is 1. The first-order valence-electron chi connectivity index (χ1n) is 5.50. The lowest BCUT2D eigenvalue weighted by Gasteiger charge is -2.18. The number of halogens is 3. The van der Waals surface area contributed by atoms with E-state index in [9.17, 15) is 14.0 Å². The van der Waals surface area contributed by atoms with Crippen molar-refractivity contribution >= 4 is 39.4 Å². The van der Waals surface area contributed by atoms with Gasteiger partial charge in [-0.15, -0.1) is 0 Å². The molecule has 2 rings (SSSR count). The zero-order chi connectivity index (χ0) is 14.2. The molecule has 19 heavy (non-hydrogen) atoms. The van der Waals surface area contributed by atoms with Crippen molar-refractivity contribution in [2.24, 2.45) is 0 Å².